The zero-order valence-corrected chi connectivity index (χ0v) is 19.2. The van der Waals surface area contributed by atoms with Gasteiger partial charge < -0.3 is 14.4 Å². The molecular weight excluding hydrogens is 434 g/mol. The Balaban J connectivity index is 1.40. The average molecular weight is 460 g/mol. The highest BCUT2D eigenvalue weighted by molar-refractivity contribution is 7.89. The number of nitrogens with zero attached hydrogens (tertiary/aromatic N) is 3. The maximum absolute atomic E-state index is 12.9. The predicted octanol–water partition coefficient (Wildman–Crippen LogP) is 3.26. The third kappa shape index (κ3) is 4.68. The van der Waals surface area contributed by atoms with E-state index in [0.29, 0.717) is 38.3 Å². The zero-order chi connectivity index (χ0) is 21.8. The van der Waals surface area contributed by atoms with Crippen LogP contribution in [0, 0.1) is 0 Å². The standard InChI is InChI=1S/C22H25N3O4S2/c1-28-19-7-9-20(10-8-19)31(26,27)25-13-11-24(12-14-25)22-23-18(16-30-22)15-17-5-3-4-6-21(17)29-2/h3-10,16H,11-15H2,1-2H3. The topological polar surface area (TPSA) is 72.0 Å². The molecule has 0 atom stereocenters. The number of methoxy groups -OCH3 is 2. The van der Waals surface area contributed by atoms with Crippen LogP contribution < -0.4 is 14.4 Å². The van der Waals surface area contributed by atoms with E-state index in [0.717, 1.165) is 22.1 Å². The number of thiazole rings is 1. The van der Waals surface area contributed by atoms with Crippen LogP contribution in [0.25, 0.3) is 0 Å². The van der Waals surface area contributed by atoms with Gasteiger partial charge in [-0.25, -0.2) is 13.4 Å². The summed E-state index contributed by atoms with van der Waals surface area (Å²) in [5.41, 5.74) is 2.08. The molecule has 1 aliphatic heterocycles. The minimum atomic E-state index is -3.52. The molecule has 9 heteroatoms. The molecule has 1 fully saturated rings. The molecular formula is C22H25N3O4S2. The first-order valence-electron chi connectivity index (χ1n) is 9.96. The summed E-state index contributed by atoms with van der Waals surface area (Å²) in [6.45, 7) is 2.07. The van der Waals surface area contributed by atoms with Crippen molar-refractivity contribution in [2.75, 3.05) is 45.3 Å². The number of anilines is 1. The van der Waals surface area contributed by atoms with Crippen LogP contribution in [-0.4, -0.2) is 58.1 Å². The Hall–Kier alpha value is -2.62. The molecule has 7 nitrogen and oxygen atoms in total. The van der Waals surface area contributed by atoms with Crippen molar-refractivity contribution in [1.29, 1.82) is 0 Å². The maximum Gasteiger partial charge on any atom is 0.243 e. The van der Waals surface area contributed by atoms with Crippen molar-refractivity contribution in [2.45, 2.75) is 11.3 Å². The van der Waals surface area contributed by atoms with Gasteiger partial charge in [0.15, 0.2) is 5.13 Å². The fourth-order valence-corrected chi connectivity index (χ4v) is 5.88. The SMILES string of the molecule is COc1ccc(S(=O)(=O)N2CCN(c3nc(Cc4ccccc4OC)cs3)CC2)cc1. The Morgan fingerprint density at radius 1 is 0.968 bits per heavy atom. The molecule has 1 aromatic heterocycles. The number of piperazine rings is 1. The van der Waals surface area contributed by atoms with E-state index in [4.69, 9.17) is 14.5 Å². The zero-order valence-electron chi connectivity index (χ0n) is 17.5. The van der Waals surface area contributed by atoms with Gasteiger partial charge >= 0.3 is 0 Å². The van der Waals surface area contributed by atoms with E-state index in [1.165, 1.54) is 4.31 Å². The van der Waals surface area contributed by atoms with Crippen LogP contribution in [0.1, 0.15) is 11.3 Å². The smallest absolute Gasteiger partial charge is 0.243 e. The van der Waals surface area contributed by atoms with Gasteiger partial charge in [-0.3, -0.25) is 0 Å². The molecule has 0 saturated carbocycles. The van der Waals surface area contributed by atoms with Crippen molar-refractivity contribution in [3.63, 3.8) is 0 Å². The van der Waals surface area contributed by atoms with Crippen LogP contribution in [0.2, 0.25) is 0 Å². The highest BCUT2D eigenvalue weighted by Gasteiger charge is 2.29. The molecule has 164 valence electrons. The number of rotatable bonds is 7. The Morgan fingerprint density at radius 3 is 2.35 bits per heavy atom. The van der Waals surface area contributed by atoms with Crippen LogP contribution in [0.4, 0.5) is 5.13 Å². The molecule has 2 heterocycles. The molecule has 3 aromatic rings. The van der Waals surface area contributed by atoms with E-state index in [9.17, 15) is 8.42 Å². The molecule has 0 radical (unpaired) electrons. The van der Waals surface area contributed by atoms with Gasteiger partial charge in [0.25, 0.3) is 0 Å². The van der Waals surface area contributed by atoms with Crippen molar-refractivity contribution >= 4 is 26.5 Å². The molecule has 0 spiro atoms. The quantitative estimate of drug-likeness (QED) is 0.540. The summed E-state index contributed by atoms with van der Waals surface area (Å²) in [7, 11) is -0.286. The summed E-state index contributed by atoms with van der Waals surface area (Å²) in [5, 5.41) is 2.98. The van der Waals surface area contributed by atoms with Gasteiger partial charge in [-0.2, -0.15) is 4.31 Å². The number of hydrogen-bond acceptors (Lipinski definition) is 7. The molecule has 31 heavy (non-hydrogen) atoms. The lowest BCUT2D eigenvalue weighted by atomic mass is 10.1. The molecule has 2 aromatic carbocycles. The first-order chi connectivity index (χ1) is 15.0. The Morgan fingerprint density at radius 2 is 1.68 bits per heavy atom. The largest absolute Gasteiger partial charge is 0.497 e. The van der Waals surface area contributed by atoms with Gasteiger partial charge in [0.05, 0.1) is 24.8 Å². The number of hydrogen-bond donors (Lipinski definition) is 0. The molecule has 0 amide bonds. The van der Waals surface area contributed by atoms with Crippen molar-refractivity contribution < 1.29 is 17.9 Å². The number of para-hydroxylation sites is 1. The highest BCUT2D eigenvalue weighted by Crippen LogP contribution is 2.27. The lowest BCUT2D eigenvalue weighted by molar-refractivity contribution is 0.384. The molecule has 0 bridgehead atoms. The van der Waals surface area contributed by atoms with Gasteiger partial charge in [0, 0.05) is 43.5 Å². The van der Waals surface area contributed by atoms with E-state index in [1.54, 1.807) is 49.8 Å². The van der Waals surface area contributed by atoms with E-state index in [1.807, 2.05) is 24.3 Å². The third-order valence-electron chi connectivity index (χ3n) is 5.31. The van der Waals surface area contributed by atoms with Crippen LogP contribution in [0.5, 0.6) is 11.5 Å². The minimum absolute atomic E-state index is 0.287. The highest BCUT2D eigenvalue weighted by atomic mass is 32.2. The Bertz CT molecular complexity index is 1120. The van der Waals surface area contributed by atoms with Gasteiger partial charge in [-0.05, 0) is 30.3 Å². The first-order valence-corrected chi connectivity index (χ1v) is 12.3. The monoisotopic (exact) mass is 459 g/mol. The van der Waals surface area contributed by atoms with Gasteiger partial charge in [-0.1, -0.05) is 18.2 Å². The van der Waals surface area contributed by atoms with Crippen molar-refractivity contribution in [3.05, 3.63) is 65.2 Å². The number of ether oxygens (including phenoxy) is 2. The minimum Gasteiger partial charge on any atom is -0.497 e. The van der Waals surface area contributed by atoms with Crippen LogP contribution in [0.3, 0.4) is 0 Å². The molecule has 4 rings (SSSR count). The maximum atomic E-state index is 12.9. The second-order valence-electron chi connectivity index (χ2n) is 7.18. The summed E-state index contributed by atoms with van der Waals surface area (Å²) in [6.07, 6.45) is 0.701. The molecule has 1 aliphatic rings. The average Bonchev–Trinajstić information content (AvgIpc) is 3.28. The summed E-state index contributed by atoms with van der Waals surface area (Å²) in [4.78, 5) is 7.21. The van der Waals surface area contributed by atoms with Crippen LogP contribution in [-0.2, 0) is 16.4 Å². The van der Waals surface area contributed by atoms with E-state index >= 15 is 0 Å². The van der Waals surface area contributed by atoms with Gasteiger partial charge in [0.2, 0.25) is 10.0 Å². The van der Waals surface area contributed by atoms with Crippen molar-refractivity contribution in [2.24, 2.45) is 0 Å². The molecule has 0 N–H and O–H groups in total. The number of benzene rings is 2. The van der Waals surface area contributed by atoms with Gasteiger partial charge in [0.1, 0.15) is 11.5 Å². The molecule has 1 saturated heterocycles. The van der Waals surface area contributed by atoms with E-state index < -0.39 is 10.0 Å². The number of sulfonamides is 1. The third-order valence-corrected chi connectivity index (χ3v) is 8.17. The second-order valence-corrected chi connectivity index (χ2v) is 9.95. The van der Waals surface area contributed by atoms with Crippen molar-refractivity contribution in [1.82, 2.24) is 9.29 Å². The van der Waals surface area contributed by atoms with E-state index in [-0.39, 0.29) is 4.90 Å². The fraction of sp³-hybridized carbons (Fsp3) is 0.318. The fourth-order valence-electron chi connectivity index (χ4n) is 3.58. The lowest BCUT2D eigenvalue weighted by Gasteiger charge is -2.33. The van der Waals surface area contributed by atoms with E-state index in [2.05, 4.69) is 10.3 Å². The van der Waals surface area contributed by atoms with Crippen molar-refractivity contribution in [3.8, 4) is 11.5 Å². The predicted molar refractivity (Wildman–Crippen MR) is 122 cm³/mol. The molecule has 0 aliphatic carbocycles. The first kappa shape index (κ1) is 21.6. The summed E-state index contributed by atoms with van der Waals surface area (Å²) in [6, 6.07) is 14.5. The molecule has 0 unspecified atom stereocenters. The van der Waals surface area contributed by atoms with Crippen LogP contribution >= 0.6 is 11.3 Å². The summed E-state index contributed by atoms with van der Waals surface area (Å²) in [5.74, 6) is 1.49. The lowest BCUT2D eigenvalue weighted by Crippen LogP contribution is -2.48. The van der Waals surface area contributed by atoms with Gasteiger partial charge in [-0.15, -0.1) is 11.3 Å². The summed E-state index contributed by atoms with van der Waals surface area (Å²) < 4.78 is 38.0. The normalized spacial score (nSPS) is 15.1. The summed E-state index contributed by atoms with van der Waals surface area (Å²) >= 11 is 1.59. The Kier molecular flexibility index (Phi) is 6.45. The number of aromatic nitrogens is 1. The Labute approximate surface area is 186 Å². The van der Waals surface area contributed by atoms with Crippen LogP contribution in [0.15, 0.2) is 58.8 Å². The second kappa shape index (κ2) is 9.25.